The van der Waals surface area contributed by atoms with E-state index >= 15 is 0 Å². The van der Waals surface area contributed by atoms with E-state index in [2.05, 4.69) is 34.0 Å². The largest absolute Gasteiger partial charge is 0.472 e. The van der Waals surface area contributed by atoms with E-state index in [1.807, 2.05) is 29.2 Å². The summed E-state index contributed by atoms with van der Waals surface area (Å²) in [6.45, 7) is 4.25. The van der Waals surface area contributed by atoms with E-state index in [9.17, 15) is 0 Å². The zero-order chi connectivity index (χ0) is 20.1. The Hall–Kier alpha value is -2.97. The van der Waals surface area contributed by atoms with Crippen LogP contribution >= 0.6 is 0 Å². The third-order valence-electron chi connectivity index (χ3n) is 6.44. The highest BCUT2D eigenvalue weighted by Gasteiger charge is 2.33. The minimum absolute atomic E-state index is 0.486. The van der Waals surface area contributed by atoms with Gasteiger partial charge in [0.25, 0.3) is 0 Å². The van der Waals surface area contributed by atoms with Crippen molar-refractivity contribution in [3.8, 4) is 22.8 Å². The van der Waals surface area contributed by atoms with Crippen LogP contribution < -0.4 is 9.64 Å². The van der Waals surface area contributed by atoms with E-state index in [0.29, 0.717) is 24.6 Å². The third kappa shape index (κ3) is 2.95. The molecule has 3 aromatic heterocycles. The van der Waals surface area contributed by atoms with Gasteiger partial charge in [-0.15, -0.1) is 0 Å². The number of nitrogens with zero attached hydrogens (tertiary/aromatic N) is 6. The minimum Gasteiger partial charge on any atom is -0.472 e. The lowest BCUT2D eigenvalue weighted by atomic mass is 10.1. The molecule has 0 aromatic carbocycles. The van der Waals surface area contributed by atoms with Crippen LogP contribution in [0.15, 0.2) is 42.9 Å². The molecule has 2 saturated heterocycles. The van der Waals surface area contributed by atoms with Gasteiger partial charge in [-0.2, -0.15) is 5.10 Å². The van der Waals surface area contributed by atoms with Crippen LogP contribution in [0.4, 0.5) is 5.82 Å². The predicted molar refractivity (Wildman–Crippen MR) is 112 cm³/mol. The fraction of sp³-hybridized carbons (Fsp3) is 0.409. The number of anilines is 1. The maximum Gasteiger partial charge on any atom is 0.223 e. The van der Waals surface area contributed by atoms with Crippen molar-refractivity contribution < 1.29 is 9.47 Å². The van der Waals surface area contributed by atoms with E-state index < -0.39 is 0 Å². The molecule has 0 amide bonds. The maximum atomic E-state index is 5.75. The molecule has 3 aliphatic heterocycles. The average molecular weight is 404 g/mol. The number of fused-ring (bicyclic) bond motifs is 3. The Bertz CT molecular complexity index is 1060. The Morgan fingerprint density at radius 2 is 2.07 bits per heavy atom. The lowest BCUT2D eigenvalue weighted by Gasteiger charge is -2.38. The van der Waals surface area contributed by atoms with Gasteiger partial charge in [-0.25, -0.2) is 14.6 Å². The number of aromatic nitrogens is 4. The molecule has 1 atom stereocenters. The lowest BCUT2D eigenvalue weighted by molar-refractivity contribution is -0.0667. The first-order valence-corrected chi connectivity index (χ1v) is 10.4. The van der Waals surface area contributed by atoms with Crippen LogP contribution in [0.25, 0.3) is 16.9 Å². The molecular formula is C22H24N6O2. The summed E-state index contributed by atoms with van der Waals surface area (Å²) >= 11 is 0. The molecule has 0 saturated carbocycles. The number of ether oxygens (including phenoxy) is 2. The Kier molecular flexibility index (Phi) is 4.21. The topological polar surface area (TPSA) is 68.5 Å². The number of hydrogen-bond acceptors (Lipinski definition) is 7. The van der Waals surface area contributed by atoms with Gasteiger partial charge in [0.1, 0.15) is 18.1 Å². The van der Waals surface area contributed by atoms with Crippen molar-refractivity contribution in [1.29, 1.82) is 0 Å². The Balaban J connectivity index is 1.20. The zero-order valence-electron chi connectivity index (χ0n) is 16.9. The Morgan fingerprint density at radius 3 is 2.87 bits per heavy atom. The van der Waals surface area contributed by atoms with Crippen LogP contribution in [-0.4, -0.2) is 70.1 Å². The highest BCUT2D eigenvalue weighted by atomic mass is 16.5. The second-order valence-electron chi connectivity index (χ2n) is 8.21. The van der Waals surface area contributed by atoms with Gasteiger partial charge >= 0.3 is 0 Å². The Morgan fingerprint density at radius 1 is 1.13 bits per heavy atom. The van der Waals surface area contributed by atoms with Gasteiger partial charge in [0, 0.05) is 37.1 Å². The molecule has 8 heteroatoms. The van der Waals surface area contributed by atoms with Crippen LogP contribution in [0.5, 0.6) is 5.88 Å². The average Bonchev–Trinajstić information content (AvgIpc) is 3.40. The molecule has 8 nitrogen and oxygen atoms in total. The van der Waals surface area contributed by atoms with E-state index in [1.54, 1.807) is 6.20 Å². The van der Waals surface area contributed by atoms with Crippen molar-refractivity contribution in [1.82, 2.24) is 24.6 Å². The molecule has 3 aliphatic rings. The van der Waals surface area contributed by atoms with Gasteiger partial charge in [0.2, 0.25) is 5.88 Å². The number of rotatable bonds is 4. The van der Waals surface area contributed by atoms with Gasteiger partial charge in [-0.3, -0.25) is 4.90 Å². The van der Waals surface area contributed by atoms with Gasteiger partial charge < -0.3 is 14.4 Å². The first-order valence-electron chi connectivity index (χ1n) is 10.4. The molecule has 0 aliphatic carbocycles. The number of likely N-dealkylation sites (N-methyl/N-ethyl adjacent to an activating group) is 1. The monoisotopic (exact) mass is 404 g/mol. The molecule has 0 N–H and O–H groups in total. The van der Waals surface area contributed by atoms with Gasteiger partial charge in [0.15, 0.2) is 0 Å². The molecular weight excluding hydrogens is 380 g/mol. The predicted octanol–water partition coefficient (Wildman–Crippen LogP) is 2.13. The van der Waals surface area contributed by atoms with Crippen LogP contribution in [0.1, 0.15) is 12.0 Å². The van der Waals surface area contributed by atoms with Crippen molar-refractivity contribution in [2.75, 3.05) is 38.3 Å². The molecule has 2 fully saturated rings. The van der Waals surface area contributed by atoms with Crippen molar-refractivity contribution in [3.63, 3.8) is 0 Å². The molecule has 0 radical (unpaired) electrons. The molecule has 154 valence electrons. The van der Waals surface area contributed by atoms with Crippen molar-refractivity contribution in [2.24, 2.45) is 0 Å². The van der Waals surface area contributed by atoms with Crippen molar-refractivity contribution in [3.05, 3.63) is 48.4 Å². The lowest BCUT2D eigenvalue weighted by Crippen LogP contribution is -2.52. The Labute approximate surface area is 175 Å². The molecule has 0 spiro atoms. The summed E-state index contributed by atoms with van der Waals surface area (Å²) in [7, 11) is 2.22. The number of hydrogen-bond donors (Lipinski definition) is 0. The van der Waals surface area contributed by atoms with Crippen LogP contribution in [0.2, 0.25) is 0 Å². The van der Waals surface area contributed by atoms with Crippen LogP contribution in [0.3, 0.4) is 0 Å². The van der Waals surface area contributed by atoms with Crippen molar-refractivity contribution in [2.45, 2.75) is 25.1 Å². The third-order valence-corrected chi connectivity index (χ3v) is 6.44. The van der Waals surface area contributed by atoms with Crippen LogP contribution in [-0.2, 0) is 11.3 Å². The fourth-order valence-electron chi connectivity index (χ4n) is 4.45. The van der Waals surface area contributed by atoms with E-state index in [1.165, 1.54) is 0 Å². The fourth-order valence-corrected chi connectivity index (χ4v) is 4.45. The molecule has 6 rings (SSSR count). The molecule has 0 bridgehead atoms. The van der Waals surface area contributed by atoms with E-state index in [4.69, 9.17) is 19.6 Å². The summed E-state index contributed by atoms with van der Waals surface area (Å²) < 4.78 is 13.0. The summed E-state index contributed by atoms with van der Waals surface area (Å²) in [6, 6.07) is 9.22. The second-order valence-corrected chi connectivity index (χ2v) is 8.21. The second kappa shape index (κ2) is 7.07. The summed E-state index contributed by atoms with van der Waals surface area (Å²) in [4.78, 5) is 13.9. The standard InChI is InChI=1S/C22H24N6O2/c1-26(18-13-29-14-18)17-6-8-27(11-17)20-5-4-16(9-24-20)28-10-15-12-30-22-19(21(15)25-28)3-2-7-23-22/h2-5,7,9-10,17-18H,6,8,11-14H2,1H3/t17-/m1/s1. The van der Waals surface area contributed by atoms with Crippen molar-refractivity contribution >= 4 is 5.82 Å². The quantitative estimate of drug-likeness (QED) is 0.660. The maximum absolute atomic E-state index is 5.75. The normalized spacial score (nSPS) is 20.6. The highest BCUT2D eigenvalue weighted by Crippen LogP contribution is 2.35. The summed E-state index contributed by atoms with van der Waals surface area (Å²) in [5.74, 6) is 1.67. The molecule has 6 heterocycles. The first-order chi connectivity index (χ1) is 14.8. The van der Waals surface area contributed by atoms with Gasteiger partial charge in [0.05, 0.1) is 36.7 Å². The highest BCUT2D eigenvalue weighted by molar-refractivity contribution is 5.69. The molecule has 3 aromatic rings. The minimum atomic E-state index is 0.486. The first kappa shape index (κ1) is 17.9. The smallest absolute Gasteiger partial charge is 0.223 e. The summed E-state index contributed by atoms with van der Waals surface area (Å²) in [5.41, 5.74) is 3.87. The van der Waals surface area contributed by atoms with E-state index in [0.717, 1.165) is 61.1 Å². The van der Waals surface area contributed by atoms with E-state index in [-0.39, 0.29) is 0 Å². The molecule has 30 heavy (non-hydrogen) atoms. The molecule has 0 unspecified atom stereocenters. The zero-order valence-corrected chi connectivity index (χ0v) is 16.9. The SMILES string of the molecule is CN(C1COC1)[C@@H]1CCN(c2ccc(-n3cc4c(n3)-c3cccnc3OC4)cn2)C1. The summed E-state index contributed by atoms with van der Waals surface area (Å²) in [5, 5.41) is 4.78. The van der Waals surface area contributed by atoms with Gasteiger partial charge in [-0.05, 0) is 37.7 Å². The van der Waals surface area contributed by atoms with Gasteiger partial charge in [-0.1, -0.05) is 0 Å². The van der Waals surface area contributed by atoms with Crippen LogP contribution in [0, 0.1) is 0 Å². The summed E-state index contributed by atoms with van der Waals surface area (Å²) in [6.07, 6.45) is 6.82. The number of pyridine rings is 2.